The highest BCUT2D eigenvalue weighted by molar-refractivity contribution is 8.14. The third kappa shape index (κ3) is 7.55. The summed E-state index contributed by atoms with van der Waals surface area (Å²) in [5, 5.41) is 2.73. The second-order valence-corrected chi connectivity index (χ2v) is 17.2. The molecular weight excluding hydrogens is 503 g/mol. The van der Waals surface area contributed by atoms with Crippen LogP contribution in [0.25, 0.3) is 0 Å². The van der Waals surface area contributed by atoms with Gasteiger partial charge in [-0.1, -0.05) is 52.1 Å². The highest BCUT2D eigenvalue weighted by Gasteiger charge is 2.51. The number of amides is 2. The first-order chi connectivity index (χ1) is 16.7. The number of halogens is 1. The summed E-state index contributed by atoms with van der Waals surface area (Å²) in [5.74, 6) is -0.876. The number of alkyl halides is 1. The standard InChI is InChI=1S/C25H43FN2O6SSi/c1-9-11-33-24(31)28-14-19(13-18(28)15-32-12-10-26)35-23(30)16(2)21-20(22(29)27-21)17(3)34-36(7,8)25(4,5)6/h9,16-21H,1,10-15H2,2-8H3,(H,27,29)/t16?,17-,18+,19+,20-,21-/m1/s1. The highest BCUT2D eigenvalue weighted by atomic mass is 32.2. The average Bonchev–Trinajstić information content (AvgIpc) is 3.16. The summed E-state index contributed by atoms with van der Waals surface area (Å²) in [5.41, 5.74) is 0. The van der Waals surface area contributed by atoms with Crippen LogP contribution in [-0.4, -0.2) is 86.8 Å². The summed E-state index contributed by atoms with van der Waals surface area (Å²) in [4.78, 5) is 39.7. The summed E-state index contributed by atoms with van der Waals surface area (Å²) in [6.07, 6.45) is 1.22. The van der Waals surface area contributed by atoms with Gasteiger partial charge in [0.2, 0.25) is 5.91 Å². The van der Waals surface area contributed by atoms with E-state index in [0.717, 1.165) is 0 Å². The summed E-state index contributed by atoms with van der Waals surface area (Å²) in [6.45, 7) is 18.0. The van der Waals surface area contributed by atoms with Crippen LogP contribution in [0.5, 0.6) is 0 Å². The normalized spacial score (nSPS) is 26.1. The lowest BCUT2D eigenvalue weighted by molar-refractivity contribution is -0.143. The Bertz CT molecular complexity index is 808. The lowest BCUT2D eigenvalue weighted by atomic mass is 9.79. The van der Waals surface area contributed by atoms with Gasteiger partial charge in [0.15, 0.2) is 13.4 Å². The molecule has 2 saturated heterocycles. The van der Waals surface area contributed by atoms with Gasteiger partial charge in [0.05, 0.1) is 37.3 Å². The molecule has 0 bridgehead atoms. The molecule has 206 valence electrons. The number of rotatable bonds is 12. The number of nitrogens with one attached hydrogen (secondary N) is 1. The molecule has 1 N–H and O–H groups in total. The van der Waals surface area contributed by atoms with Crippen LogP contribution >= 0.6 is 11.8 Å². The van der Waals surface area contributed by atoms with Gasteiger partial charge in [0, 0.05) is 17.7 Å². The van der Waals surface area contributed by atoms with Crippen molar-refractivity contribution in [3.05, 3.63) is 12.7 Å². The number of carbonyl (C=O) groups is 3. The average molecular weight is 547 g/mol. The van der Waals surface area contributed by atoms with Crippen molar-refractivity contribution in [2.45, 2.75) is 82.6 Å². The maximum absolute atomic E-state index is 13.2. The molecule has 2 heterocycles. The Hall–Kier alpha value is -1.43. The van der Waals surface area contributed by atoms with Crippen molar-refractivity contribution >= 4 is 37.2 Å². The lowest BCUT2D eigenvalue weighted by Crippen LogP contribution is -2.66. The largest absolute Gasteiger partial charge is 0.445 e. The minimum absolute atomic E-state index is 0.0138. The molecule has 11 heteroatoms. The number of likely N-dealkylation sites (tertiary alicyclic amines) is 1. The second-order valence-electron chi connectivity index (χ2n) is 11.2. The fraction of sp³-hybridized carbons (Fsp3) is 0.800. The van der Waals surface area contributed by atoms with Crippen molar-refractivity contribution in [3.63, 3.8) is 0 Å². The predicted octanol–water partition coefficient (Wildman–Crippen LogP) is 4.16. The predicted molar refractivity (Wildman–Crippen MR) is 142 cm³/mol. The summed E-state index contributed by atoms with van der Waals surface area (Å²) >= 11 is 1.19. The van der Waals surface area contributed by atoms with E-state index in [1.165, 1.54) is 17.8 Å². The Kier molecular flexibility index (Phi) is 11.0. The van der Waals surface area contributed by atoms with Gasteiger partial charge in [-0.3, -0.25) is 9.59 Å². The first-order valence-corrected chi connectivity index (χ1v) is 16.4. The zero-order valence-electron chi connectivity index (χ0n) is 22.7. The number of carbonyl (C=O) groups excluding carboxylic acids is 3. The summed E-state index contributed by atoms with van der Waals surface area (Å²) in [7, 11) is -2.07. The molecule has 2 fully saturated rings. The van der Waals surface area contributed by atoms with Crippen LogP contribution < -0.4 is 5.32 Å². The van der Waals surface area contributed by atoms with Gasteiger partial charge in [-0.2, -0.15) is 0 Å². The van der Waals surface area contributed by atoms with Crippen LogP contribution in [0.4, 0.5) is 9.18 Å². The molecule has 2 rings (SSSR count). The molecule has 0 spiro atoms. The van der Waals surface area contributed by atoms with Crippen molar-refractivity contribution in [2.75, 3.05) is 33.0 Å². The summed E-state index contributed by atoms with van der Waals surface area (Å²) < 4.78 is 29.5. The van der Waals surface area contributed by atoms with Crippen LogP contribution in [0, 0.1) is 11.8 Å². The number of hydrogen-bond acceptors (Lipinski definition) is 7. The minimum atomic E-state index is -2.07. The Morgan fingerprint density at radius 3 is 2.56 bits per heavy atom. The van der Waals surface area contributed by atoms with Gasteiger partial charge >= 0.3 is 6.09 Å². The molecule has 1 unspecified atom stereocenters. The highest BCUT2D eigenvalue weighted by Crippen LogP contribution is 2.40. The zero-order chi connectivity index (χ0) is 27.3. The van der Waals surface area contributed by atoms with Crippen molar-refractivity contribution < 1.29 is 32.7 Å². The molecule has 0 saturated carbocycles. The van der Waals surface area contributed by atoms with E-state index >= 15 is 0 Å². The van der Waals surface area contributed by atoms with Gasteiger partial charge in [-0.05, 0) is 31.5 Å². The van der Waals surface area contributed by atoms with E-state index in [1.54, 1.807) is 4.90 Å². The fourth-order valence-corrected chi connectivity index (χ4v) is 6.99. The first-order valence-electron chi connectivity index (χ1n) is 12.6. The van der Waals surface area contributed by atoms with Crippen molar-refractivity contribution in [2.24, 2.45) is 11.8 Å². The molecule has 0 radical (unpaired) electrons. The lowest BCUT2D eigenvalue weighted by Gasteiger charge is -2.46. The maximum atomic E-state index is 13.2. The van der Waals surface area contributed by atoms with E-state index in [4.69, 9.17) is 13.9 Å². The van der Waals surface area contributed by atoms with Gasteiger partial charge in [-0.15, -0.1) is 0 Å². The third-order valence-corrected chi connectivity index (χ3v) is 13.3. The van der Waals surface area contributed by atoms with Gasteiger partial charge in [0.1, 0.15) is 13.3 Å². The molecule has 2 aliphatic rings. The van der Waals surface area contributed by atoms with E-state index < -0.39 is 27.0 Å². The SMILES string of the molecule is C=CCOC(=O)N1C[C@@H](SC(=O)C(C)[C@H]2NC(=O)[C@@H]2[C@@H](C)O[Si](C)(C)C(C)(C)C)C[C@H]1COCCF. The molecule has 0 aromatic rings. The van der Waals surface area contributed by atoms with E-state index in [0.29, 0.717) is 13.0 Å². The summed E-state index contributed by atoms with van der Waals surface area (Å²) in [6, 6.07) is -0.598. The first kappa shape index (κ1) is 30.8. The van der Waals surface area contributed by atoms with Gasteiger partial charge in [-0.25, -0.2) is 9.18 Å². The van der Waals surface area contributed by atoms with Crippen LogP contribution in [0.2, 0.25) is 18.1 Å². The minimum Gasteiger partial charge on any atom is -0.445 e. The number of nitrogens with zero attached hydrogens (tertiary/aromatic N) is 1. The van der Waals surface area contributed by atoms with Crippen LogP contribution in [0.1, 0.15) is 41.0 Å². The monoisotopic (exact) mass is 546 g/mol. The Morgan fingerprint density at radius 1 is 1.33 bits per heavy atom. The van der Waals surface area contributed by atoms with E-state index in [9.17, 15) is 18.8 Å². The van der Waals surface area contributed by atoms with Crippen molar-refractivity contribution in [1.29, 1.82) is 0 Å². The molecular formula is C25H43FN2O6SSi. The smallest absolute Gasteiger partial charge is 0.410 e. The van der Waals surface area contributed by atoms with Gasteiger partial charge < -0.3 is 24.1 Å². The molecule has 2 aliphatic heterocycles. The molecule has 0 aromatic heterocycles. The molecule has 8 nitrogen and oxygen atoms in total. The quantitative estimate of drug-likeness (QED) is 0.170. The number of ether oxygens (including phenoxy) is 2. The van der Waals surface area contributed by atoms with Crippen molar-refractivity contribution in [1.82, 2.24) is 10.2 Å². The number of thioether (sulfide) groups is 1. The molecule has 0 aliphatic carbocycles. The van der Waals surface area contributed by atoms with Gasteiger partial charge in [0.25, 0.3) is 0 Å². The third-order valence-electron chi connectivity index (χ3n) is 7.45. The maximum Gasteiger partial charge on any atom is 0.410 e. The fourth-order valence-electron chi connectivity index (χ4n) is 4.32. The Balaban J connectivity index is 2.00. The van der Waals surface area contributed by atoms with Crippen LogP contribution in [0.15, 0.2) is 12.7 Å². The van der Waals surface area contributed by atoms with E-state index in [1.807, 2.05) is 13.8 Å². The van der Waals surface area contributed by atoms with Crippen molar-refractivity contribution in [3.8, 4) is 0 Å². The van der Waals surface area contributed by atoms with E-state index in [2.05, 4.69) is 45.8 Å². The number of hydrogen-bond donors (Lipinski definition) is 1. The molecule has 36 heavy (non-hydrogen) atoms. The van der Waals surface area contributed by atoms with Crippen LogP contribution in [0.3, 0.4) is 0 Å². The topological polar surface area (TPSA) is 94.2 Å². The second kappa shape index (κ2) is 12.9. The number of β-lactam (4-membered cyclic amide) rings is 1. The molecule has 0 aromatic carbocycles. The Labute approximate surface area is 220 Å². The molecule has 2 amide bonds. The van der Waals surface area contributed by atoms with E-state index in [-0.39, 0.29) is 65.2 Å². The molecule has 6 atom stereocenters. The zero-order valence-corrected chi connectivity index (χ0v) is 24.5. The Morgan fingerprint density at radius 2 is 2.00 bits per heavy atom. The van der Waals surface area contributed by atoms with Crippen LogP contribution in [-0.2, 0) is 23.5 Å².